The number of hydrogen-bond acceptors (Lipinski definition) is 5. The summed E-state index contributed by atoms with van der Waals surface area (Å²) in [4.78, 5) is 23.7. The van der Waals surface area contributed by atoms with Gasteiger partial charge >= 0.3 is 5.97 Å². The lowest BCUT2D eigenvalue weighted by Crippen LogP contribution is -2.22. The maximum Gasteiger partial charge on any atom is 0.337 e. The van der Waals surface area contributed by atoms with Gasteiger partial charge in [0.05, 0.1) is 17.6 Å². The van der Waals surface area contributed by atoms with Crippen LogP contribution in [0.2, 0.25) is 0 Å². The van der Waals surface area contributed by atoms with Gasteiger partial charge in [0.25, 0.3) is 5.91 Å². The molecular formula is C17H18N2O5S. The highest BCUT2D eigenvalue weighted by Crippen LogP contribution is 2.16. The molecule has 0 radical (unpaired) electrons. The number of amides is 1. The molecule has 7 nitrogen and oxygen atoms in total. The van der Waals surface area contributed by atoms with E-state index in [4.69, 9.17) is 0 Å². The van der Waals surface area contributed by atoms with Crippen LogP contribution in [-0.4, -0.2) is 45.8 Å². The first-order valence-corrected chi connectivity index (χ1v) is 8.72. The molecule has 2 aromatic carbocycles. The average Bonchev–Trinajstić information content (AvgIpc) is 2.61. The van der Waals surface area contributed by atoms with E-state index < -0.39 is 16.0 Å². The molecule has 25 heavy (non-hydrogen) atoms. The highest BCUT2D eigenvalue weighted by atomic mass is 32.2. The molecular weight excluding hydrogens is 344 g/mol. The zero-order chi connectivity index (χ0) is 18.6. The SMILES string of the molecule is COC(=O)c1ccc(NC(=O)c2ccc(S(=O)(=O)N(C)C)cc2)cc1. The third-order valence-electron chi connectivity index (χ3n) is 3.46. The van der Waals surface area contributed by atoms with Crippen molar-refractivity contribution in [1.82, 2.24) is 4.31 Å². The van der Waals surface area contributed by atoms with Crippen LogP contribution in [0.5, 0.6) is 0 Å². The van der Waals surface area contributed by atoms with Gasteiger partial charge in [-0.25, -0.2) is 17.5 Å². The molecule has 0 fully saturated rings. The molecule has 0 aromatic heterocycles. The second-order valence-electron chi connectivity index (χ2n) is 5.33. The van der Waals surface area contributed by atoms with Crippen molar-refractivity contribution in [2.75, 3.05) is 26.5 Å². The van der Waals surface area contributed by atoms with Gasteiger partial charge in [0.15, 0.2) is 0 Å². The van der Waals surface area contributed by atoms with E-state index >= 15 is 0 Å². The molecule has 132 valence electrons. The third kappa shape index (κ3) is 4.23. The summed E-state index contributed by atoms with van der Waals surface area (Å²) >= 11 is 0. The first-order valence-electron chi connectivity index (χ1n) is 7.28. The van der Waals surface area contributed by atoms with Crippen LogP contribution in [0.4, 0.5) is 5.69 Å². The van der Waals surface area contributed by atoms with Gasteiger partial charge in [-0.15, -0.1) is 0 Å². The molecule has 0 unspecified atom stereocenters. The quantitative estimate of drug-likeness (QED) is 0.821. The van der Waals surface area contributed by atoms with Crippen LogP contribution in [0, 0.1) is 0 Å². The van der Waals surface area contributed by atoms with Gasteiger partial charge in [0, 0.05) is 25.3 Å². The number of ether oxygens (including phenoxy) is 1. The van der Waals surface area contributed by atoms with E-state index in [1.54, 1.807) is 12.1 Å². The highest BCUT2D eigenvalue weighted by Gasteiger charge is 2.17. The zero-order valence-corrected chi connectivity index (χ0v) is 14.8. The van der Waals surface area contributed by atoms with Crippen molar-refractivity contribution in [2.45, 2.75) is 4.90 Å². The number of benzene rings is 2. The molecule has 0 aliphatic carbocycles. The number of sulfonamides is 1. The minimum absolute atomic E-state index is 0.108. The molecule has 0 bridgehead atoms. The summed E-state index contributed by atoms with van der Waals surface area (Å²) < 4.78 is 29.7. The Labute approximate surface area is 146 Å². The van der Waals surface area contributed by atoms with Gasteiger partial charge in [-0.3, -0.25) is 4.79 Å². The summed E-state index contributed by atoms with van der Waals surface area (Å²) in [5, 5.41) is 2.67. The molecule has 0 saturated carbocycles. The summed E-state index contributed by atoms with van der Waals surface area (Å²) in [5.41, 5.74) is 1.19. The van der Waals surface area contributed by atoms with Crippen molar-refractivity contribution in [3.8, 4) is 0 Å². The Kier molecular flexibility index (Phi) is 5.55. The number of nitrogens with zero attached hydrogens (tertiary/aromatic N) is 1. The minimum Gasteiger partial charge on any atom is -0.465 e. The molecule has 2 aromatic rings. The lowest BCUT2D eigenvalue weighted by atomic mass is 10.2. The molecule has 8 heteroatoms. The van der Waals surface area contributed by atoms with Crippen LogP contribution >= 0.6 is 0 Å². The summed E-state index contributed by atoms with van der Waals surface area (Å²) in [5.74, 6) is -0.852. The number of esters is 1. The Bertz CT molecular complexity index is 872. The van der Waals surface area contributed by atoms with Crippen LogP contribution in [0.25, 0.3) is 0 Å². The van der Waals surface area contributed by atoms with Crippen molar-refractivity contribution in [2.24, 2.45) is 0 Å². The fourth-order valence-corrected chi connectivity index (χ4v) is 2.90. The largest absolute Gasteiger partial charge is 0.465 e. The molecule has 2 rings (SSSR count). The van der Waals surface area contributed by atoms with E-state index in [-0.39, 0.29) is 10.8 Å². The first kappa shape index (κ1) is 18.6. The van der Waals surface area contributed by atoms with Gasteiger partial charge in [-0.2, -0.15) is 0 Å². The molecule has 0 atom stereocenters. The standard InChI is InChI=1S/C17H18N2O5S/c1-19(2)25(22,23)15-10-6-12(7-11-15)16(20)18-14-8-4-13(5-9-14)17(21)24-3/h4-11H,1-3H3,(H,18,20). The van der Waals surface area contributed by atoms with Crippen molar-refractivity contribution in [3.63, 3.8) is 0 Å². The lowest BCUT2D eigenvalue weighted by Gasteiger charge is -2.11. The summed E-state index contributed by atoms with van der Waals surface area (Å²) in [6, 6.07) is 11.9. The molecule has 0 aliphatic heterocycles. The smallest absolute Gasteiger partial charge is 0.337 e. The Hall–Kier alpha value is -2.71. The number of hydrogen-bond donors (Lipinski definition) is 1. The minimum atomic E-state index is -3.54. The van der Waals surface area contributed by atoms with Crippen molar-refractivity contribution in [1.29, 1.82) is 0 Å². The lowest BCUT2D eigenvalue weighted by molar-refractivity contribution is 0.0600. The number of methoxy groups -OCH3 is 1. The van der Waals surface area contributed by atoms with E-state index in [1.807, 2.05) is 0 Å². The van der Waals surface area contributed by atoms with Crippen LogP contribution in [0.1, 0.15) is 20.7 Å². The number of rotatable bonds is 5. The van der Waals surface area contributed by atoms with Crippen molar-refractivity contribution in [3.05, 3.63) is 59.7 Å². The predicted molar refractivity (Wildman–Crippen MR) is 93.0 cm³/mol. The monoisotopic (exact) mass is 362 g/mol. The molecule has 1 amide bonds. The third-order valence-corrected chi connectivity index (χ3v) is 5.29. The van der Waals surface area contributed by atoms with Crippen LogP contribution in [-0.2, 0) is 14.8 Å². The Morgan fingerprint density at radius 2 is 1.44 bits per heavy atom. The number of nitrogens with one attached hydrogen (secondary N) is 1. The Balaban J connectivity index is 2.12. The maximum absolute atomic E-state index is 12.2. The average molecular weight is 362 g/mol. The van der Waals surface area contributed by atoms with E-state index in [1.165, 1.54) is 57.6 Å². The number of carbonyl (C=O) groups excluding carboxylic acids is 2. The highest BCUT2D eigenvalue weighted by molar-refractivity contribution is 7.89. The van der Waals surface area contributed by atoms with E-state index in [9.17, 15) is 18.0 Å². The van der Waals surface area contributed by atoms with Gasteiger partial charge in [-0.1, -0.05) is 0 Å². The Morgan fingerprint density at radius 3 is 1.92 bits per heavy atom. The van der Waals surface area contributed by atoms with E-state index in [2.05, 4.69) is 10.1 Å². The fraction of sp³-hybridized carbons (Fsp3) is 0.176. The van der Waals surface area contributed by atoms with Crippen molar-refractivity contribution < 1.29 is 22.7 Å². The van der Waals surface area contributed by atoms with Gasteiger partial charge < -0.3 is 10.1 Å². The zero-order valence-electron chi connectivity index (χ0n) is 14.0. The maximum atomic E-state index is 12.2. The molecule has 1 N–H and O–H groups in total. The van der Waals surface area contributed by atoms with Gasteiger partial charge in [0.1, 0.15) is 0 Å². The fourth-order valence-electron chi connectivity index (χ4n) is 2.00. The molecule has 0 heterocycles. The number of anilines is 1. The van der Waals surface area contributed by atoms with Crippen LogP contribution in [0.15, 0.2) is 53.4 Å². The van der Waals surface area contributed by atoms with Gasteiger partial charge in [-0.05, 0) is 48.5 Å². The van der Waals surface area contributed by atoms with Crippen LogP contribution < -0.4 is 5.32 Å². The van der Waals surface area contributed by atoms with Gasteiger partial charge in [0.2, 0.25) is 10.0 Å². The first-order chi connectivity index (χ1) is 11.8. The number of carbonyl (C=O) groups is 2. The Morgan fingerprint density at radius 1 is 0.920 bits per heavy atom. The second kappa shape index (κ2) is 7.45. The summed E-state index contributed by atoms with van der Waals surface area (Å²) in [6.45, 7) is 0. The topological polar surface area (TPSA) is 92.8 Å². The summed E-state index contributed by atoms with van der Waals surface area (Å²) in [6.07, 6.45) is 0. The molecule has 0 spiro atoms. The molecule has 0 aliphatic rings. The molecule has 0 saturated heterocycles. The second-order valence-corrected chi connectivity index (χ2v) is 7.49. The predicted octanol–water partition coefficient (Wildman–Crippen LogP) is 1.98. The van der Waals surface area contributed by atoms with Crippen molar-refractivity contribution >= 4 is 27.6 Å². The normalized spacial score (nSPS) is 11.2. The van der Waals surface area contributed by atoms with Crippen LogP contribution in [0.3, 0.4) is 0 Å². The van der Waals surface area contributed by atoms with E-state index in [0.717, 1.165) is 4.31 Å². The van der Waals surface area contributed by atoms with E-state index in [0.29, 0.717) is 16.8 Å². The summed E-state index contributed by atoms with van der Waals surface area (Å²) in [7, 11) is 0.631.